The summed E-state index contributed by atoms with van der Waals surface area (Å²) < 4.78 is 0. The summed E-state index contributed by atoms with van der Waals surface area (Å²) in [7, 11) is 0. The van der Waals surface area contributed by atoms with Crippen molar-refractivity contribution < 1.29 is 4.79 Å². The molecule has 0 saturated carbocycles. The zero-order chi connectivity index (χ0) is 17.8. The van der Waals surface area contributed by atoms with Crippen molar-refractivity contribution in [1.29, 1.82) is 0 Å². The van der Waals surface area contributed by atoms with Crippen LogP contribution in [0.25, 0.3) is 10.2 Å². The van der Waals surface area contributed by atoms with E-state index in [1.807, 2.05) is 18.7 Å². The largest absolute Gasteiger partial charge is 0.343 e. The first-order chi connectivity index (χ1) is 12.1. The van der Waals surface area contributed by atoms with Gasteiger partial charge in [0.2, 0.25) is 5.91 Å². The number of rotatable bonds is 7. The highest BCUT2D eigenvalue weighted by atomic mass is 32.2. The topological polar surface area (TPSA) is 66.1 Å². The van der Waals surface area contributed by atoms with E-state index in [9.17, 15) is 9.59 Å². The number of thioether (sulfide) groups is 1. The first kappa shape index (κ1) is 18.5. The summed E-state index contributed by atoms with van der Waals surface area (Å²) in [5.41, 5.74) is 1.23. The lowest BCUT2D eigenvalue weighted by Crippen LogP contribution is -2.30. The van der Waals surface area contributed by atoms with Gasteiger partial charge in [0.05, 0.1) is 11.1 Å². The van der Waals surface area contributed by atoms with E-state index in [-0.39, 0.29) is 11.5 Å². The molecule has 0 unspecified atom stereocenters. The van der Waals surface area contributed by atoms with Crippen LogP contribution in [0.5, 0.6) is 0 Å². The summed E-state index contributed by atoms with van der Waals surface area (Å²) in [5.74, 6) is 2.30. The van der Waals surface area contributed by atoms with Crippen LogP contribution in [0.2, 0.25) is 0 Å². The van der Waals surface area contributed by atoms with Gasteiger partial charge in [0.25, 0.3) is 5.56 Å². The molecule has 0 bridgehead atoms. The quantitative estimate of drug-likeness (QED) is 0.749. The Morgan fingerprint density at radius 1 is 1.28 bits per heavy atom. The Bertz CT molecular complexity index is 808. The second-order valence-corrected chi connectivity index (χ2v) is 8.46. The molecule has 0 fully saturated rings. The van der Waals surface area contributed by atoms with Gasteiger partial charge in [0, 0.05) is 30.1 Å². The molecule has 2 aromatic rings. The summed E-state index contributed by atoms with van der Waals surface area (Å²) in [5, 5.41) is 0.810. The van der Waals surface area contributed by atoms with Gasteiger partial charge in [0.15, 0.2) is 0 Å². The predicted octanol–water partition coefficient (Wildman–Crippen LogP) is 3.36. The van der Waals surface area contributed by atoms with Crippen molar-refractivity contribution in [1.82, 2.24) is 14.9 Å². The third-order valence-corrected chi connectivity index (χ3v) is 6.85. The number of carbonyl (C=O) groups is 1. The van der Waals surface area contributed by atoms with Gasteiger partial charge in [-0.15, -0.1) is 11.3 Å². The molecule has 0 saturated heterocycles. The zero-order valence-electron chi connectivity index (χ0n) is 14.9. The van der Waals surface area contributed by atoms with Crippen LogP contribution in [0.1, 0.15) is 49.4 Å². The van der Waals surface area contributed by atoms with E-state index in [0.717, 1.165) is 54.1 Å². The zero-order valence-corrected chi connectivity index (χ0v) is 16.5. The molecule has 136 valence electrons. The molecule has 0 radical (unpaired) electrons. The molecule has 2 heterocycles. The summed E-state index contributed by atoms with van der Waals surface area (Å²) >= 11 is 3.33. The summed E-state index contributed by atoms with van der Waals surface area (Å²) in [6.07, 6.45) is 4.98. The lowest BCUT2D eigenvalue weighted by Gasteiger charge is -2.18. The van der Waals surface area contributed by atoms with Crippen molar-refractivity contribution in [3.63, 3.8) is 0 Å². The Labute approximate surface area is 156 Å². The Hall–Kier alpha value is -1.34. The van der Waals surface area contributed by atoms with E-state index in [2.05, 4.69) is 9.97 Å². The average Bonchev–Trinajstić information content (AvgIpc) is 2.98. The number of hydrogen-bond acceptors (Lipinski definition) is 5. The van der Waals surface area contributed by atoms with Gasteiger partial charge in [-0.25, -0.2) is 4.98 Å². The number of aryl methyl sites for hydroxylation is 2. The Morgan fingerprint density at radius 2 is 2.04 bits per heavy atom. The van der Waals surface area contributed by atoms with Crippen LogP contribution in [0.15, 0.2) is 4.79 Å². The summed E-state index contributed by atoms with van der Waals surface area (Å²) in [4.78, 5) is 36.2. The molecule has 1 amide bonds. The molecule has 7 heteroatoms. The van der Waals surface area contributed by atoms with E-state index in [4.69, 9.17) is 0 Å². The molecule has 0 atom stereocenters. The number of hydrogen-bond donors (Lipinski definition) is 1. The number of carbonyl (C=O) groups excluding carboxylic acids is 1. The van der Waals surface area contributed by atoms with Crippen molar-refractivity contribution in [3.8, 4) is 0 Å². The highest BCUT2D eigenvalue weighted by Crippen LogP contribution is 2.33. The van der Waals surface area contributed by atoms with Gasteiger partial charge in [-0.2, -0.15) is 11.8 Å². The molecule has 1 aliphatic rings. The third kappa shape index (κ3) is 4.08. The molecule has 3 rings (SSSR count). The normalized spacial score (nSPS) is 13.8. The van der Waals surface area contributed by atoms with Crippen LogP contribution < -0.4 is 5.56 Å². The molecule has 0 spiro atoms. The standard InChI is InChI=1S/C18H25N3O2S2/c1-3-21(4-2)15(22)9-10-24-11-14-19-17(23)16-12-7-5-6-8-13(12)25-18(16)20-14/h3-11H2,1-2H3,(H,19,20,23). The second kappa shape index (κ2) is 8.36. The average molecular weight is 380 g/mol. The number of amides is 1. The molecule has 5 nitrogen and oxygen atoms in total. The molecule has 25 heavy (non-hydrogen) atoms. The molecule has 1 N–H and O–H groups in total. The van der Waals surface area contributed by atoms with E-state index >= 15 is 0 Å². The van der Waals surface area contributed by atoms with E-state index < -0.39 is 0 Å². The van der Waals surface area contributed by atoms with Gasteiger partial charge in [-0.1, -0.05) is 0 Å². The number of H-pyrrole nitrogens is 1. The van der Waals surface area contributed by atoms with Gasteiger partial charge >= 0.3 is 0 Å². The van der Waals surface area contributed by atoms with Crippen molar-refractivity contribution >= 4 is 39.2 Å². The number of aromatic nitrogens is 2. The Morgan fingerprint density at radius 3 is 2.80 bits per heavy atom. The molecule has 1 aliphatic carbocycles. The first-order valence-corrected chi connectivity index (χ1v) is 11.0. The van der Waals surface area contributed by atoms with E-state index in [0.29, 0.717) is 12.2 Å². The fraction of sp³-hybridized carbons (Fsp3) is 0.611. The maximum absolute atomic E-state index is 12.5. The minimum absolute atomic E-state index is 0.000725. The van der Waals surface area contributed by atoms with Gasteiger partial charge in [-0.3, -0.25) is 9.59 Å². The van der Waals surface area contributed by atoms with E-state index in [1.165, 1.54) is 16.9 Å². The predicted molar refractivity (Wildman–Crippen MR) is 106 cm³/mol. The fourth-order valence-electron chi connectivity index (χ4n) is 3.34. The van der Waals surface area contributed by atoms with Gasteiger partial charge in [-0.05, 0) is 45.1 Å². The van der Waals surface area contributed by atoms with Crippen molar-refractivity contribution in [2.75, 3.05) is 18.8 Å². The first-order valence-electron chi connectivity index (χ1n) is 9.03. The van der Waals surface area contributed by atoms with Crippen molar-refractivity contribution in [2.24, 2.45) is 0 Å². The molecule has 2 aromatic heterocycles. The fourth-order valence-corrected chi connectivity index (χ4v) is 5.41. The highest BCUT2D eigenvalue weighted by Gasteiger charge is 2.19. The number of fused-ring (bicyclic) bond motifs is 3. The van der Waals surface area contributed by atoms with Gasteiger partial charge in [0.1, 0.15) is 10.7 Å². The molecular formula is C18H25N3O2S2. The van der Waals surface area contributed by atoms with Crippen LogP contribution in [-0.4, -0.2) is 39.6 Å². The van der Waals surface area contributed by atoms with Crippen LogP contribution in [0.3, 0.4) is 0 Å². The molecule has 0 aromatic carbocycles. The minimum Gasteiger partial charge on any atom is -0.343 e. The maximum Gasteiger partial charge on any atom is 0.259 e. The summed E-state index contributed by atoms with van der Waals surface area (Å²) in [6.45, 7) is 5.52. The lowest BCUT2D eigenvalue weighted by atomic mass is 9.97. The Kier molecular flexibility index (Phi) is 6.17. The molecular weight excluding hydrogens is 354 g/mol. The Balaban J connectivity index is 1.63. The van der Waals surface area contributed by atoms with Crippen LogP contribution in [0, 0.1) is 0 Å². The number of nitrogens with zero attached hydrogens (tertiary/aromatic N) is 2. The number of nitrogens with one attached hydrogen (secondary N) is 1. The van der Waals surface area contributed by atoms with Crippen LogP contribution >= 0.6 is 23.1 Å². The van der Waals surface area contributed by atoms with Crippen LogP contribution in [-0.2, 0) is 23.4 Å². The maximum atomic E-state index is 12.5. The number of thiophene rings is 1. The number of aromatic amines is 1. The monoisotopic (exact) mass is 379 g/mol. The van der Waals surface area contributed by atoms with Gasteiger partial charge < -0.3 is 9.88 Å². The third-order valence-electron chi connectivity index (χ3n) is 4.69. The van der Waals surface area contributed by atoms with Crippen LogP contribution in [0.4, 0.5) is 0 Å². The second-order valence-electron chi connectivity index (χ2n) is 6.27. The van der Waals surface area contributed by atoms with E-state index in [1.54, 1.807) is 23.1 Å². The SMILES string of the molecule is CCN(CC)C(=O)CCSCc1nc2sc3c(c2c(=O)[nH]1)CCCC3. The highest BCUT2D eigenvalue weighted by molar-refractivity contribution is 7.98. The summed E-state index contributed by atoms with van der Waals surface area (Å²) in [6, 6.07) is 0. The van der Waals surface area contributed by atoms with Crippen molar-refractivity contribution in [3.05, 3.63) is 26.6 Å². The minimum atomic E-state index is -0.000725. The van der Waals surface area contributed by atoms with Crippen molar-refractivity contribution in [2.45, 2.75) is 51.7 Å². The molecule has 0 aliphatic heterocycles. The lowest BCUT2D eigenvalue weighted by molar-refractivity contribution is -0.130. The smallest absolute Gasteiger partial charge is 0.259 e.